The minimum Gasteiger partial charge on any atom is -0.369 e. The predicted molar refractivity (Wildman–Crippen MR) is 56.0 cm³/mol. The van der Waals surface area contributed by atoms with Crippen LogP contribution in [0.1, 0.15) is 36.6 Å². The number of carbonyl (C=O) groups excluding carboxylic acids is 1. The molecule has 2 N–H and O–H groups in total. The van der Waals surface area contributed by atoms with Crippen LogP contribution in [0.25, 0.3) is 0 Å². The van der Waals surface area contributed by atoms with Gasteiger partial charge in [0.15, 0.2) is 0 Å². The number of hydrogen-bond donors (Lipinski definition) is 1. The van der Waals surface area contributed by atoms with Gasteiger partial charge in [-0.2, -0.15) is 0 Å². The van der Waals surface area contributed by atoms with Gasteiger partial charge in [-0.3, -0.25) is 9.78 Å². The van der Waals surface area contributed by atoms with Crippen molar-refractivity contribution in [1.82, 2.24) is 4.98 Å². The maximum Gasteiger partial charge on any atom is 0.221 e. The van der Waals surface area contributed by atoms with Crippen LogP contribution in [0.2, 0.25) is 0 Å². The summed E-state index contributed by atoms with van der Waals surface area (Å²) in [7, 11) is 0. The molecule has 1 heterocycles. The summed E-state index contributed by atoms with van der Waals surface area (Å²) in [5.41, 5.74) is 8.24. The number of pyridine rings is 1. The van der Waals surface area contributed by atoms with Crippen LogP contribution in [-0.2, 0) is 11.2 Å². The van der Waals surface area contributed by atoms with E-state index in [1.165, 1.54) is 0 Å². The van der Waals surface area contributed by atoms with Crippen molar-refractivity contribution in [2.45, 2.75) is 33.1 Å². The van der Waals surface area contributed by atoms with Gasteiger partial charge in [-0.25, -0.2) is 0 Å². The van der Waals surface area contributed by atoms with Gasteiger partial charge in [0, 0.05) is 11.9 Å². The van der Waals surface area contributed by atoms with Gasteiger partial charge in [0.1, 0.15) is 0 Å². The van der Waals surface area contributed by atoms with Crippen LogP contribution < -0.4 is 5.73 Å². The van der Waals surface area contributed by atoms with E-state index in [1.807, 2.05) is 13.0 Å². The highest BCUT2D eigenvalue weighted by Crippen LogP contribution is 2.19. The van der Waals surface area contributed by atoms with Gasteiger partial charge in [-0.05, 0) is 30.0 Å². The van der Waals surface area contributed by atoms with Crippen molar-refractivity contribution in [2.24, 2.45) is 5.73 Å². The molecule has 1 aromatic heterocycles. The zero-order valence-corrected chi connectivity index (χ0v) is 8.87. The van der Waals surface area contributed by atoms with Crippen molar-refractivity contribution in [2.75, 3.05) is 0 Å². The lowest BCUT2D eigenvalue weighted by atomic mass is 9.96. The van der Waals surface area contributed by atoms with Gasteiger partial charge < -0.3 is 5.73 Å². The standard InChI is InChI=1S/C11H16N2O/c1-7(2)10-4-8(3)13-6-9(10)5-11(12)14/h4,6-7H,5H2,1-3H3,(H2,12,14). The first-order valence-electron chi connectivity index (χ1n) is 4.74. The fourth-order valence-electron chi connectivity index (χ4n) is 1.48. The Balaban J connectivity index is 3.08. The monoisotopic (exact) mass is 192 g/mol. The average molecular weight is 192 g/mol. The van der Waals surface area contributed by atoms with E-state index in [4.69, 9.17) is 5.73 Å². The van der Waals surface area contributed by atoms with Gasteiger partial charge in [0.2, 0.25) is 5.91 Å². The van der Waals surface area contributed by atoms with E-state index < -0.39 is 0 Å². The molecule has 0 aliphatic rings. The smallest absolute Gasteiger partial charge is 0.221 e. The highest BCUT2D eigenvalue weighted by Gasteiger charge is 2.09. The molecule has 76 valence electrons. The number of nitrogens with two attached hydrogens (primary N) is 1. The van der Waals surface area contributed by atoms with Crippen LogP contribution in [0.4, 0.5) is 0 Å². The molecule has 0 radical (unpaired) electrons. The van der Waals surface area contributed by atoms with Gasteiger partial charge in [0.05, 0.1) is 6.42 Å². The number of hydrogen-bond acceptors (Lipinski definition) is 2. The minimum absolute atomic E-state index is 0.279. The Labute approximate surface area is 84.3 Å². The first-order valence-corrected chi connectivity index (χ1v) is 4.74. The first kappa shape index (κ1) is 10.7. The van der Waals surface area contributed by atoms with Gasteiger partial charge >= 0.3 is 0 Å². The van der Waals surface area contributed by atoms with Gasteiger partial charge in [-0.15, -0.1) is 0 Å². The van der Waals surface area contributed by atoms with E-state index in [-0.39, 0.29) is 12.3 Å². The molecule has 0 atom stereocenters. The molecule has 0 aromatic carbocycles. The van der Waals surface area contributed by atoms with Gasteiger partial charge in [-0.1, -0.05) is 13.8 Å². The highest BCUT2D eigenvalue weighted by atomic mass is 16.1. The van der Waals surface area contributed by atoms with Crippen molar-refractivity contribution in [3.63, 3.8) is 0 Å². The van der Waals surface area contributed by atoms with Crippen LogP contribution in [0.5, 0.6) is 0 Å². The van der Waals surface area contributed by atoms with Crippen LogP contribution in [0.15, 0.2) is 12.3 Å². The summed E-state index contributed by atoms with van der Waals surface area (Å²) in [4.78, 5) is 15.0. The molecule has 0 saturated heterocycles. The minimum atomic E-state index is -0.308. The topological polar surface area (TPSA) is 56.0 Å². The predicted octanol–water partition coefficient (Wildman–Crippen LogP) is 1.54. The second-order valence-corrected chi connectivity index (χ2v) is 3.82. The summed E-state index contributed by atoms with van der Waals surface area (Å²) in [5, 5.41) is 0. The molecule has 14 heavy (non-hydrogen) atoms. The van der Waals surface area contributed by atoms with Crippen molar-refractivity contribution in [3.05, 3.63) is 29.1 Å². The molecule has 1 aromatic rings. The molecule has 0 aliphatic heterocycles. The lowest BCUT2D eigenvalue weighted by Gasteiger charge is -2.11. The fraction of sp³-hybridized carbons (Fsp3) is 0.455. The molecule has 0 fully saturated rings. The van der Waals surface area contributed by atoms with Crippen LogP contribution in [0, 0.1) is 6.92 Å². The molecule has 1 amide bonds. The third kappa shape index (κ3) is 2.55. The van der Waals surface area contributed by atoms with Crippen molar-refractivity contribution < 1.29 is 4.79 Å². The summed E-state index contributed by atoms with van der Waals surface area (Å²) in [6.07, 6.45) is 2.02. The summed E-state index contributed by atoms with van der Waals surface area (Å²) < 4.78 is 0. The lowest BCUT2D eigenvalue weighted by molar-refractivity contribution is -0.117. The number of aromatic nitrogens is 1. The van der Waals surface area contributed by atoms with E-state index >= 15 is 0 Å². The summed E-state index contributed by atoms with van der Waals surface area (Å²) in [6, 6.07) is 2.02. The molecule has 0 spiro atoms. The van der Waals surface area contributed by atoms with E-state index in [0.29, 0.717) is 5.92 Å². The van der Waals surface area contributed by atoms with E-state index in [9.17, 15) is 4.79 Å². The van der Waals surface area contributed by atoms with E-state index in [0.717, 1.165) is 16.8 Å². The molecule has 3 nitrogen and oxygen atoms in total. The number of nitrogens with zero attached hydrogens (tertiary/aromatic N) is 1. The van der Waals surface area contributed by atoms with Gasteiger partial charge in [0.25, 0.3) is 0 Å². The number of primary amides is 1. The molecular weight excluding hydrogens is 176 g/mol. The quantitative estimate of drug-likeness (QED) is 0.789. The first-order chi connectivity index (χ1) is 6.50. The summed E-state index contributed by atoms with van der Waals surface area (Å²) >= 11 is 0. The number of aryl methyl sites for hydroxylation is 1. The van der Waals surface area contributed by atoms with E-state index in [2.05, 4.69) is 18.8 Å². The second-order valence-electron chi connectivity index (χ2n) is 3.82. The second kappa shape index (κ2) is 4.22. The third-order valence-electron chi connectivity index (χ3n) is 2.15. The Morgan fingerprint density at radius 2 is 2.21 bits per heavy atom. The third-order valence-corrected chi connectivity index (χ3v) is 2.15. The van der Waals surface area contributed by atoms with Crippen molar-refractivity contribution in [3.8, 4) is 0 Å². The Bertz CT molecular complexity index is 345. The largest absolute Gasteiger partial charge is 0.369 e. The Kier molecular flexibility index (Phi) is 3.23. The van der Waals surface area contributed by atoms with Crippen LogP contribution in [-0.4, -0.2) is 10.9 Å². The lowest BCUT2D eigenvalue weighted by Crippen LogP contribution is -2.15. The summed E-state index contributed by atoms with van der Waals surface area (Å²) in [6.45, 7) is 6.14. The van der Waals surface area contributed by atoms with Crippen LogP contribution in [0.3, 0.4) is 0 Å². The number of rotatable bonds is 3. The molecule has 3 heteroatoms. The SMILES string of the molecule is Cc1cc(C(C)C)c(CC(N)=O)cn1. The summed E-state index contributed by atoms with van der Waals surface area (Å²) in [5.74, 6) is 0.0867. The molecule has 0 aliphatic carbocycles. The highest BCUT2D eigenvalue weighted by molar-refractivity contribution is 5.76. The molecule has 0 unspecified atom stereocenters. The maximum absolute atomic E-state index is 10.8. The van der Waals surface area contributed by atoms with E-state index in [1.54, 1.807) is 6.20 Å². The normalized spacial score (nSPS) is 10.6. The Hall–Kier alpha value is -1.38. The molecular formula is C11H16N2O. The van der Waals surface area contributed by atoms with Crippen molar-refractivity contribution in [1.29, 1.82) is 0 Å². The Morgan fingerprint density at radius 3 is 2.71 bits per heavy atom. The fourth-order valence-corrected chi connectivity index (χ4v) is 1.48. The number of carbonyl (C=O) groups is 1. The molecule has 0 bridgehead atoms. The molecule has 0 saturated carbocycles. The van der Waals surface area contributed by atoms with Crippen molar-refractivity contribution >= 4 is 5.91 Å². The Morgan fingerprint density at radius 1 is 1.57 bits per heavy atom. The molecule has 1 rings (SSSR count). The zero-order chi connectivity index (χ0) is 10.7. The average Bonchev–Trinajstić information content (AvgIpc) is 2.07. The maximum atomic E-state index is 10.8. The van der Waals surface area contributed by atoms with Crippen LogP contribution >= 0.6 is 0 Å². The zero-order valence-electron chi connectivity index (χ0n) is 8.87. The number of amides is 1.